The zero-order valence-corrected chi connectivity index (χ0v) is 13.7. The minimum Gasteiger partial charge on any atom is -0.481 e. The monoisotopic (exact) mass is 313 g/mol. The summed E-state index contributed by atoms with van der Waals surface area (Å²) >= 11 is 1.50. The lowest BCUT2D eigenvalue weighted by molar-refractivity contribution is -0.137. The maximum Gasteiger partial charge on any atom is 0.318 e. The number of aromatic nitrogens is 1. The lowest BCUT2D eigenvalue weighted by atomic mass is 10.1. The summed E-state index contributed by atoms with van der Waals surface area (Å²) in [5.74, 6) is -0.913. The zero-order valence-electron chi connectivity index (χ0n) is 12.9. The average Bonchev–Trinajstić information content (AvgIpc) is 2.87. The van der Waals surface area contributed by atoms with Gasteiger partial charge in [0.25, 0.3) is 0 Å². The second-order valence-corrected chi connectivity index (χ2v) is 6.67. The van der Waals surface area contributed by atoms with Gasteiger partial charge < -0.3 is 15.3 Å². The van der Waals surface area contributed by atoms with E-state index in [0.717, 1.165) is 11.4 Å². The number of rotatable bonds is 6. The van der Waals surface area contributed by atoms with Crippen molar-refractivity contribution in [3.8, 4) is 0 Å². The molecule has 1 rings (SSSR count). The van der Waals surface area contributed by atoms with Crippen LogP contribution >= 0.6 is 11.3 Å². The van der Waals surface area contributed by atoms with Gasteiger partial charge in [-0.1, -0.05) is 6.92 Å². The van der Waals surface area contributed by atoms with Crippen LogP contribution in [0.25, 0.3) is 0 Å². The second-order valence-electron chi connectivity index (χ2n) is 5.75. The molecule has 0 aromatic carbocycles. The molecule has 1 atom stereocenters. The summed E-state index contributed by atoms with van der Waals surface area (Å²) in [5.41, 5.74) is -0.444. The summed E-state index contributed by atoms with van der Waals surface area (Å²) in [5, 5.41) is 14.5. The minimum absolute atomic E-state index is 0.0707. The summed E-state index contributed by atoms with van der Waals surface area (Å²) in [4.78, 5) is 29.0. The van der Waals surface area contributed by atoms with E-state index in [9.17, 15) is 9.59 Å². The maximum atomic E-state index is 12.5. The largest absolute Gasteiger partial charge is 0.481 e. The average molecular weight is 313 g/mol. The third-order valence-electron chi connectivity index (χ3n) is 3.06. The highest BCUT2D eigenvalue weighted by molar-refractivity contribution is 7.09. The third kappa shape index (κ3) is 5.34. The molecule has 0 saturated carbocycles. The first-order valence-corrected chi connectivity index (χ1v) is 7.83. The molecule has 0 spiro atoms. The van der Waals surface area contributed by atoms with Gasteiger partial charge in [-0.2, -0.15) is 0 Å². The fourth-order valence-electron chi connectivity index (χ4n) is 1.92. The molecule has 1 unspecified atom stereocenters. The predicted molar refractivity (Wildman–Crippen MR) is 82.4 cm³/mol. The first-order chi connectivity index (χ1) is 9.75. The van der Waals surface area contributed by atoms with Crippen LogP contribution in [0.4, 0.5) is 4.79 Å². The quantitative estimate of drug-likeness (QED) is 0.846. The molecule has 6 nitrogen and oxygen atoms in total. The van der Waals surface area contributed by atoms with Gasteiger partial charge in [-0.05, 0) is 27.2 Å². The van der Waals surface area contributed by atoms with Crippen molar-refractivity contribution >= 4 is 23.3 Å². The maximum absolute atomic E-state index is 12.5. The van der Waals surface area contributed by atoms with Gasteiger partial charge in [-0.25, -0.2) is 9.78 Å². The minimum atomic E-state index is -0.913. The standard InChI is InChI=1S/C14H23N3O3S/c1-5-10(12-15-7-9-21-12)16-13(20)17(14(2,3)4)8-6-11(18)19/h7,9-10H,5-6,8H2,1-4H3,(H,16,20)(H,18,19). The molecule has 1 heterocycles. The van der Waals surface area contributed by atoms with E-state index in [1.807, 2.05) is 33.1 Å². The molecule has 0 radical (unpaired) electrons. The zero-order chi connectivity index (χ0) is 16.0. The second kappa shape index (κ2) is 7.40. The van der Waals surface area contributed by atoms with E-state index in [1.54, 1.807) is 11.1 Å². The van der Waals surface area contributed by atoms with Crippen LogP contribution in [0.5, 0.6) is 0 Å². The Morgan fingerprint density at radius 1 is 1.48 bits per heavy atom. The summed E-state index contributed by atoms with van der Waals surface area (Å²) in [6, 6.07) is -0.405. The van der Waals surface area contributed by atoms with Crippen LogP contribution in [0.3, 0.4) is 0 Å². The number of hydrogen-bond acceptors (Lipinski definition) is 4. The molecule has 21 heavy (non-hydrogen) atoms. The molecule has 0 saturated heterocycles. The van der Waals surface area contributed by atoms with E-state index < -0.39 is 11.5 Å². The molecule has 0 bridgehead atoms. The number of urea groups is 1. The Morgan fingerprint density at radius 3 is 2.57 bits per heavy atom. The number of carbonyl (C=O) groups excluding carboxylic acids is 1. The van der Waals surface area contributed by atoms with Crippen LogP contribution < -0.4 is 5.32 Å². The molecule has 118 valence electrons. The van der Waals surface area contributed by atoms with Crippen LogP contribution in [0.15, 0.2) is 11.6 Å². The fourth-order valence-corrected chi connectivity index (χ4v) is 2.69. The summed E-state index contributed by atoms with van der Waals surface area (Å²) in [6.45, 7) is 7.82. The van der Waals surface area contributed by atoms with Gasteiger partial charge >= 0.3 is 12.0 Å². The number of hydrogen-bond donors (Lipinski definition) is 2. The summed E-state index contributed by atoms with van der Waals surface area (Å²) in [6.07, 6.45) is 2.37. The van der Waals surface area contributed by atoms with Crippen LogP contribution in [0.1, 0.15) is 51.6 Å². The van der Waals surface area contributed by atoms with Crippen molar-refractivity contribution in [3.05, 3.63) is 16.6 Å². The van der Waals surface area contributed by atoms with Crippen molar-refractivity contribution in [1.82, 2.24) is 15.2 Å². The van der Waals surface area contributed by atoms with Gasteiger partial charge in [0.15, 0.2) is 0 Å². The molecule has 0 aliphatic heterocycles. The first kappa shape index (κ1) is 17.4. The molecular formula is C14H23N3O3S. The normalized spacial score (nSPS) is 12.8. The summed E-state index contributed by atoms with van der Waals surface area (Å²) < 4.78 is 0. The Morgan fingerprint density at radius 2 is 2.14 bits per heavy atom. The number of nitrogens with zero attached hydrogens (tertiary/aromatic N) is 2. The molecule has 7 heteroatoms. The highest BCUT2D eigenvalue weighted by Gasteiger charge is 2.28. The number of carboxylic acids is 1. The van der Waals surface area contributed by atoms with Gasteiger partial charge in [0.1, 0.15) is 5.01 Å². The highest BCUT2D eigenvalue weighted by Crippen LogP contribution is 2.21. The van der Waals surface area contributed by atoms with Crippen molar-refractivity contribution < 1.29 is 14.7 Å². The number of carboxylic acid groups (broad SMARTS) is 1. The van der Waals surface area contributed by atoms with Gasteiger partial charge in [0, 0.05) is 23.7 Å². The van der Waals surface area contributed by atoms with Crippen LogP contribution in [0, 0.1) is 0 Å². The van der Waals surface area contributed by atoms with E-state index in [1.165, 1.54) is 11.3 Å². The van der Waals surface area contributed by atoms with E-state index in [2.05, 4.69) is 10.3 Å². The number of aliphatic carboxylic acids is 1. The predicted octanol–water partition coefficient (Wildman–Crippen LogP) is 2.88. The smallest absolute Gasteiger partial charge is 0.318 e. The molecular weight excluding hydrogens is 290 g/mol. The Labute approximate surface area is 129 Å². The van der Waals surface area contributed by atoms with Gasteiger partial charge in [0.05, 0.1) is 12.5 Å². The Hall–Kier alpha value is -1.63. The van der Waals surface area contributed by atoms with E-state index in [4.69, 9.17) is 5.11 Å². The molecule has 1 aromatic heterocycles. The van der Waals surface area contributed by atoms with E-state index in [0.29, 0.717) is 0 Å². The molecule has 2 amide bonds. The topological polar surface area (TPSA) is 82.5 Å². The third-order valence-corrected chi connectivity index (χ3v) is 3.95. The number of carbonyl (C=O) groups is 2. The Kier molecular flexibility index (Phi) is 6.14. The molecule has 1 aromatic rings. The molecule has 0 aliphatic carbocycles. The van der Waals surface area contributed by atoms with Gasteiger partial charge in [-0.15, -0.1) is 11.3 Å². The van der Waals surface area contributed by atoms with Crippen molar-refractivity contribution in [1.29, 1.82) is 0 Å². The number of thiazole rings is 1. The number of amides is 2. The lowest BCUT2D eigenvalue weighted by Crippen LogP contribution is -2.51. The van der Waals surface area contributed by atoms with E-state index in [-0.39, 0.29) is 25.0 Å². The van der Waals surface area contributed by atoms with Crippen molar-refractivity contribution in [2.45, 2.75) is 52.1 Å². The van der Waals surface area contributed by atoms with E-state index >= 15 is 0 Å². The molecule has 0 fully saturated rings. The van der Waals surface area contributed by atoms with Crippen molar-refractivity contribution in [3.63, 3.8) is 0 Å². The van der Waals surface area contributed by atoms with Crippen molar-refractivity contribution in [2.24, 2.45) is 0 Å². The Bertz CT molecular complexity index is 468. The first-order valence-electron chi connectivity index (χ1n) is 6.95. The lowest BCUT2D eigenvalue weighted by Gasteiger charge is -2.36. The number of nitrogens with one attached hydrogen (secondary N) is 1. The van der Waals surface area contributed by atoms with Crippen LogP contribution in [-0.2, 0) is 4.79 Å². The van der Waals surface area contributed by atoms with Crippen LogP contribution in [0.2, 0.25) is 0 Å². The highest BCUT2D eigenvalue weighted by atomic mass is 32.1. The molecule has 2 N–H and O–H groups in total. The SMILES string of the molecule is CCC(NC(=O)N(CCC(=O)O)C(C)(C)C)c1nccs1. The summed E-state index contributed by atoms with van der Waals surface area (Å²) in [7, 11) is 0. The fraction of sp³-hybridized carbons (Fsp3) is 0.643. The van der Waals surface area contributed by atoms with Crippen molar-refractivity contribution in [2.75, 3.05) is 6.54 Å². The van der Waals surface area contributed by atoms with Crippen LogP contribution in [-0.4, -0.2) is 39.1 Å². The Balaban J connectivity index is 2.78. The van der Waals surface area contributed by atoms with Gasteiger partial charge in [-0.3, -0.25) is 4.79 Å². The molecule has 0 aliphatic rings. The van der Waals surface area contributed by atoms with Gasteiger partial charge in [0.2, 0.25) is 0 Å².